The van der Waals surface area contributed by atoms with E-state index < -0.39 is 0 Å². The minimum Gasteiger partial charge on any atom is -0.454 e. The van der Waals surface area contributed by atoms with Gasteiger partial charge in [-0.05, 0) is 17.7 Å². The van der Waals surface area contributed by atoms with E-state index in [0.717, 1.165) is 68.6 Å². The lowest BCUT2D eigenvalue weighted by molar-refractivity contribution is -0.122. The number of fused-ring (bicyclic) bond motifs is 1. The van der Waals surface area contributed by atoms with Crippen molar-refractivity contribution in [2.75, 3.05) is 46.1 Å². The molecular formula is C21H29N5O3. The van der Waals surface area contributed by atoms with Crippen molar-refractivity contribution in [1.29, 1.82) is 0 Å². The van der Waals surface area contributed by atoms with Crippen LogP contribution in [0.25, 0.3) is 0 Å². The van der Waals surface area contributed by atoms with Crippen LogP contribution in [0.2, 0.25) is 0 Å². The molecule has 0 radical (unpaired) electrons. The molecule has 2 aliphatic heterocycles. The first-order chi connectivity index (χ1) is 14.2. The number of piperazine rings is 1. The van der Waals surface area contributed by atoms with Crippen molar-refractivity contribution in [2.24, 2.45) is 0 Å². The molecule has 156 valence electrons. The van der Waals surface area contributed by atoms with Gasteiger partial charge in [0.15, 0.2) is 11.5 Å². The molecule has 0 atom stereocenters. The summed E-state index contributed by atoms with van der Waals surface area (Å²) in [6.45, 7) is 9.16. The van der Waals surface area contributed by atoms with E-state index in [0.29, 0.717) is 13.1 Å². The molecule has 8 heteroatoms. The summed E-state index contributed by atoms with van der Waals surface area (Å²) < 4.78 is 12.9. The number of carbonyl (C=O) groups excluding carboxylic acids is 1. The van der Waals surface area contributed by atoms with Crippen molar-refractivity contribution in [1.82, 2.24) is 24.7 Å². The van der Waals surface area contributed by atoms with Crippen molar-refractivity contribution in [3.05, 3.63) is 42.0 Å². The van der Waals surface area contributed by atoms with E-state index in [4.69, 9.17) is 9.47 Å². The Labute approximate surface area is 171 Å². The van der Waals surface area contributed by atoms with Crippen LogP contribution >= 0.6 is 0 Å². The second-order valence-corrected chi connectivity index (χ2v) is 7.47. The molecule has 0 saturated carbocycles. The predicted molar refractivity (Wildman–Crippen MR) is 109 cm³/mol. The molecule has 1 saturated heterocycles. The fourth-order valence-electron chi connectivity index (χ4n) is 3.79. The molecule has 0 aliphatic carbocycles. The van der Waals surface area contributed by atoms with Gasteiger partial charge in [-0.2, -0.15) is 0 Å². The third-order valence-electron chi connectivity index (χ3n) is 5.53. The zero-order chi connectivity index (χ0) is 20.1. The topological polar surface area (TPSA) is 71.9 Å². The SMILES string of the molecule is CCc1nccn1CCN1CCN(CC(=O)NCc2ccc3c(c2)OCO3)CC1. The Balaban J connectivity index is 1.15. The summed E-state index contributed by atoms with van der Waals surface area (Å²) >= 11 is 0. The Bertz CT molecular complexity index is 829. The van der Waals surface area contributed by atoms with E-state index >= 15 is 0 Å². The second-order valence-electron chi connectivity index (χ2n) is 7.47. The number of benzene rings is 1. The van der Waals surface area contributed by atoms with Gasteiger partial charge in [-0.1, -0.05) is 13.0 Å². The molecule has 1 aromatic carbocycles. The number of rotatable bonds is 8. The third kappa shape index (κ3) is 5.07. The van der Waals surface area contributed by atoms with Gasteiger partial charge >= 0.3 is 0 Å². The van der Waals surface area contributed by atoms with Gasteiger partial charge in [-0.25, -0.2) is 4.98 Å². The number of carbonyl (C=O) groups is 1. The standard InChI is InChI=1S/C21H29N5O3/c1-2-20-22-5-6-26(20)12-11-24-7-9-25(10-8-24)15-21(27)23-14-17-3-4-18-19(13-17)29-16-28-18/h3-6,13H,2,7-12,14-16H2,1H3,(H,23,27). The highest BCUT2D eigenvalue weighted by Crippen LogP contribution is 2.32. The van der Waals surface area contributed by atoms with Crippen LogP contribution < -0.4 is 14.8 Å². The second kappa shape index (κ2) is 9.28. The molecule has 0 bridgehead atoms. The van der Waals surface area contributed by atoms with Gasteiger partial charge in [0, 0.05) is 64.6 Å². The first kappa shape index (κ1) is 19.7. The third-order valence-corrected chi connectivity index (χ3v) is 5.53. The number of hydrogen-bond acceptors (Lipinski definition) is 6. The molecule has 1 N–H and O–H groups in total. The van der Waals surface area contributed by atoms with Crippen molar-refractivity contribution in [2.45, 2.75) is 26.4 Å². The van der Waals surface area contributed by atoms with Gasteiger partial charge < -0.3 is 19.4 Å². The quantitative estimate of drug-likeness (QED) is 0.717. The average molecular weight is 399 g/mol. The van der Waals surface area contributed by atoms with Crippen molar-refractivity contribution in [3.63, 3.8) is 0 Å². The fourth-order valence-corrected chi connectivity index (χ4v) is 3.79. The van der Waals surface area contributed by atoms with Gasteiger partial charge in [-0.15, -0.1) is 0 Å². The van der Waals surface area contributed by atoms with Crippen LogP contribution in [-0.4, -0.2) is 71.3 Å². The summed E-state index contributed by atoms with van der Waals surface area (Å²) in [6, 6.07) is 5.76. The lowest BCUT2D eigenvalue weighted by atomic mass is 10.2. The highest BCUT2D eigenvalue weighted by Gasteiger charge is 2.19. The van der Waals surface area contributed by atoms with Gasteiger partial charge in [0.2, 0.25) is 12.7 Å². The summed E-state index contributed by atoms with van der Waals surface area (Å²) in [5.74, 6) is 2.71. The van der Waals surface area contributed by atoms with Gasteiger partial charge in [0.05, 0.1) is 6.54 Å². The van der Waals surface area contributed by atoms with E-state index in [2.05, 4.69) is 37.8 Å². The first-order valence-electron chi connectivity index (χ1n) is 10.3. The Hall–Kier alpha value is -2.58. The number of nitrogens with zero attached hydrogens (tertiary/aromatic N) is 4. The largest absolute Gasteiger partial charge is 0.454 e. The highest BCUT2D eigenvalue weighted by molar-refractivity contribution is 5.78. The smallest absolute Gasteiger partial charge is 0.234 e. The van der Waals surface area contributed by atoms with E-state index in [1.54, 1.807) is 0 Å². The number of aromatic nitrogens is 2. The minimum absolute atomic E-state index is 0.0575. The van der Waals surface area contributed by atoms with Crippen LogP contribution in [0.1, 0.15) is 18.3 Å². The molecule has 3 heterocycles. The van der Waals surface area contributed by atoms with Crippen LogP contribution in [0.4, 0.5) is 0 Å². The van der Waals surface area contributed by atoms with Crippen molar-refractivity contribution in [3.8, 4) is 11.5 Å². The van der Waals surface area contributed by atoms with Gasteiger partial charge in [0.25, 0.3) is 0 Å². The van der Waals surface area contributed by atoms with Crippen LogP contribution in [-0.2, 0) is 24.3 Å². The predicted octanol–water partition coefficient (Wildman–Crippen LogP) is 1.11. The number of hydrogen-bond donors (Lipinski definition) is 1. The molecule has 0 spiro atoms. The number of aryl methyl sites for hydroxylation is 1. The molecular weight excluding hydrogens is 370 g/mol. The zero-order valence-electron chi connectivity index (χ0n) is 17.0. The maximum absolute atomic E-state index is 12.3. The van der Waals surface area contributed by atoms with E-state index in [1.165, 1.54) is 0 Å². The molecule has 8 nitrogen and oxygen atoms in total. The number of ether oxygens (including phenoxy) is 2. The summed E-state index contributed by atoms with van der Waals surface area (Å²) in [5, 5.41) is 3.00. The summed E-state index contributed by atoms with van der Waals surface area (Å²) in [6.07, 6.45) is 4.89. The maximum atomic E-state index is 12.3. The number of imidazole rings is 1. The molecule has 1 fully saturated rings. The zero-order valence-corrected chi connectivity index (χ0v) is 17.0. The molecule has 1 aromatic heterocycles. The van der Waals surface area contributed by atoms with Gasteiger partial charge in [0.1, 0.15) is 5.82 Å². The van der Waals surface area contributed by atoms with Crippen LogP contribution in [0.5, 0.6) is 11.5 Å². The fraction of sp³-hybridized carbons (Fsp3) is 0.524. The van der Waals surface area contributed by atoms with E-state index in [1.807, 2.05) is 24.4 Å². The highest BCUT2D eigenvalue weighted by atomic mass is 16.7. The molecule has 29 heavy (non-hydrogen) atoms. The number of amides is 1. The van der Waals surface area contributed by atoms with E-state index in [-0.39, 0.29) is 12.7 Å². The number of nitrogens with one attached hydrogen (secondary N) is 1. The first-order valence-corrected chi connectivity index (χ1v) is 10.3. The van der Waals surface area contributed by atoms with Crippen molar-refractivity contribution >= 4 is 5.91 Å². The Morgan fingerprint density at radius 1 is 1.10 bits per heavy atom. The van der Waals surface area contributed by atoms with Crippen molar-refractivity contribution < 1.29 is 14.3 Å². The Kier molecular flexibility index (Phi) is 6.31. The molecule has 2 aromatic rings. The lowest BCUT2D eigenvalue weighted by Crippen LogP contribution is -2.49. The Morgan fingerprint density at radius 3 is 2.72 bits per heavy atom. The molecule has 4 rings (SSSR count). The monoisotopic (exact) mass is 399 g/mol. The lowest BCUT2D eigenvalue weighted by Gasteiger charge is -2.34. The molecule has 0 unspecified atom stereocenters. The van der Waals surface area contributed by atoms with Crippen LogP contribution in [0, 0.1) is 0 Å². The van der Waals surface area contributed by atoms with Crippen LogP contribution in [0.3, 0.4) is 0 Å². The normalized spacial score (nSPS) is 16.9. The summed E-state index contributed by atoms with van der Waals surface area (Å²) in [4.78, 5) is 21.4. The van der Waals surface area contributed by atoms with Gasteiger partial charge in [-0.3, -0.25) is 14.6 Å². The Morgan fingerprint density at radius 2 is 1.90 bits per heavy atom. The summed E-state index contributed by atoms with van der Waals surface area (Å²) in [5.41, 5.74) is 1.01. The minimum atomic E-state index is 0.0575. The molecule has 2 aliphatic rings. The van der Waals surface area contributed by atoms with E-state index in [9.17, 15) is 4.79 Å². The maximum Gasteiger partial charge on any atom is 0.234 e. The summed E-state index contributed by atoms with van der Waals surface area (Å²) in [7, 11) is 0. The molecule has 1 amide bonds. The average Bonchev–Trinajstić information content (AvgIpc) is 3.40. The van der Waals surface area contributed by atoms with Crippen LogP contribution in [0.15, 0.2) is 30.6 Å².